The van der Waals surface area contributed by atoms with Crippen molar-refractivity contribution in [1.82, 2.24) is 5.32 Å². The molecule has 0 unspecified atom stereocenters. The first-order chi connectivity index (χ1) is 11.5. The highest BCUT2D eigenvalue weighted by Gasteiger charge is 2.09. The molecule has 0 aromatic heterocycles. The molecule has 2 N–H and O–H groups in total. The number of benzene rings is 2. The van der Waals surface area contributed by atoms with E-state index in [4.69, 9.17) is 16.3 Å². The topological polar surface area (TPSA) is 67.4 Å². The van der Waals surface area contributed by atoms with Crippen molar-refractivity contribution in [3.8, 4) is 5.75 Å². The molecule has 0 fully saturated rings. The number of anilines is 1. The van der Waals surface area contributed by atoms with Crippen LogP contribution in [0.4, 0.5) is 10.1 Å². The van der Waals surface area contributed by atoms with Crippen LogP contribution in [0.2, 0.25) is 5.02 Å². The third-order valence-corrected chi connectivity index (χ3v) is 3.29. The molecule has 5 nitrogen and oxygen atoms in total. The van der Waals surface area contributed by atoms with Gasteiger partial charge in [-0.3, -0.25) is 9.59 Å². The van der Waals surface area contributed by atoms with Gasteiger partial charge >= 0.3 is 0 Å². The SMILES string of the molecule is CCNC(=O)c1cccc(NC(=O)COc2ccc(F)cc2Cl)c1. The average molecular weight is 351 g/mol. The monoisotopic (exact) mass is 350 g/mol. The van der Waals surface area contributed by atoms with E-state index < -0.39 is 11.7 Å². The fraction of sp³-hybridized carbons (Fsp3) is 0.176. The molecule has 0 heterocycles. The van der Waals surface area contributed by atoms with Crippen LogP contribution in [0.25, 0.3) is 0 Å². The number of carbonyl (C=O) groups is 2. The van der Waals surface area contributed by atoms with Gasteiger partial charge in [0.1, 0.15) is 11.6 Å². The maximum absolute atomic E-state index is 12.9. The van der Waals surface area contributed by atoms with Crippen LogP contribution in [0, 0.1) is 5.82 Å². The summed E-state index contributed by atoms with van der Waals surface area (Å²) in [5, 5.41) is 5.38. The molecule has 0 spiro atoms. The van der Waals surface area contributed by atoms with E-state index in [2.05, 4.69) is 10.6 Å². The second kappa shape index (κ2) is 8.31. The summed E-state index contributed by atoms with van der Waals surface area (Å²) in [6.45, 7) is 2.04. The first-order valence-corrected chi connectivity index (χ1v) is 7.63. The number of hydrogen-bond acceptors (Lipinski definition) is 3. The van der Waals surface area contributed by atoms with Crippen LogP contribution in [-0.2, 0) is 4.79 Å². The minimum atomic E-state index is -0.487. The van der Waals surface area contributed by atoms with Crippen molar-refractivity contribution in [2.24, 2.45) is 0 Å². The number of halogens is 2. The second-order valence-electron chi connectivity index (χ2n) is 4.85. The fourth-order valence-electron chi connectivity index (χ4n) is 1.93. The summed E-state index contributed by atoms with van der Waals surface area (Å²) in [5.41, 5.74) is 0.912. The van der Waals surface area contributed by atoms with Gasteiger partial charge in [-0.15, -0.1) is 0 Å². The summed E-state index contributed by atoms with van der Waals surface area (Å²) >= 11 is 5.82. The Balaban J connectivity index is 1.95. The Morgan fingerprint density at radius 1 is 1.21 bits per heavy atom. The molecule has 0 bridgehead atoms. The van der Waals surface area contributed by atoms with E-state index >= 15 is 0 Å². The van der Waals surface area contributed by atoms with Crippen LogP contribution < -0.4 is 15.4 Å². The molecule has 0 aliphatic heterocycles. The molecule has 2 aromatic rings. The zero-order chi connectivity index (χ0) is 17.5. The highest BCUT2D eigenvalue weighted by Crippen LogP contribution is 2.24. The number of amides is 2. The number of ether oxygens (including phenoxy) is 1. The highest BCUT2D eigenvalue weighted by atomic mass is 35.5. The molecule has 0 saturated heterocycles. The first kappa shape index (κ1) is 17.7. The molecule has 0 aliphatic carbocycles. The smallest absolute Gasteiger partial charge is 0.262 e. The zero-order valence-electron chi connectivity index (χ0n) is 12.9. The van der Waals surface area contributed by atoms with Gasteiger partial charge in [0.25, 0.3) is 11.8 Å². The van der Waals surface area contributed by atoms with E-state index in [0.717, 1.165) is 6.07 Å². The molecular weight excluding hydrogens is 335 g/mol. The Morgan fingerprint density at radius 3 is 2.71 bits per heavy atom. The summed E-state index contributed by atoms with van der Waals surface area (Å²) in [6, 6.07) is 10.2. The van der Waals surface area contributed by atoms with Gasteiger partial charge in [-0.25, -0.2) is 4.39 Å². The number of hydrogen-bond donors (Lipinski definition) is 2. The van der Waals surface area contributed by atoms with E-state index in [0.29, 0.717) is 17.8 Å². The van der Waals surface area contributed by atoms with Crippen molar-refractivity contribution >= 4 is 29.1 Å². The average Bonchev–Trinajstić information content (AvgIpc) is 2.54. The Hall–Kier alpha value is -2.60. The predicted molar refractivity (Wildman–Crippen MR) is 90.0 cm³/mol. The summed E-state index contributed by atoms with van der Waals surface area (Å²) in [4.78, 5) is 23.7. The molecule has 7 heteroatoms. The molecule has 2 rings (SSSR count). The Morgan fingerprint density at radius 2 is 2.00 bits per heavy atom. The van der Waals surface area contributed by atoms with Crippen molar-refractivity contribution in [2.45, 2.75) is 6.92 Å². The minimum absolute atomic E-state index is 0.0843. The highest BCUT2D eigenvalue weighted by molar-refractivity contribution is 6.32. The van der Waals surface area contributed by atoms with Gasteiger partial charge in [0.2, 0.25) is 0 Å². The standard InChI is InChI=1S/C17H16ClFN2O3/c1-2-20-17(23)11-4-3-5-13(8-11)21-16(22)10-24-15-7-6-12(19)9-14(15)18/h3-9H,2,10H2,1H3,(H,20,23)(H,21,22). The largest absolute Gasteiger partial charge is 0.482 e. The van der Waals surface area contributed by atoms with Gasteiger partial charge in [0.05, 0.1) is 5.02 Å². The third-order valence-electron chi connectivity index (χ3n) is 3.00. The minimum Gasteiger partial charge on any atom is -0.482 e. The molecule has 2 amide bonds. The van der Waals surface area contributed by atoms with Gasteiger partial charge in [-0.2, -0.15) is 0 Å². The van der Waals surface area contributed by atoms with E-state index in [9.17, 15) is 14.0 Å². The van der Waals surface area contributed by atoms with Crippen LogP contribution in [0.5, 0.6) is 5.75 Å². The third kappa shape index (κ3) is 4.96. The predicted octanol–water partition coefficient (Wildman–Crippen LogP) is 3.25. The van der Waals surface area contributed by atoms with Crippen LogP contribution in [0.1, 0.15) is 17.3 Å². The van der Waals surface area contributed by atoms with E-state index in [1.807, 2.05) is 6.92 Å². The van der Waals surface area contributed by atoms with E-state index in [1.54, 1.807) is 24.3 Å². The van der Waals surface area contributed by atoms with Crippen LogP contribution in [0.3, 0.4) is 0 Å². The Kier molecular flexibility index (Phi) is 6.14. The number of rotatable bonds is 6. The van der Waals surface area contributed by atoms with Gasteiger partial charge < -0.3 is 15.4 Å². The van der Waals surface area contributed by atoms with Gasteiger partial charge in [0, 0.05) is 17.8 Å². The zero-order valence-corrected chi connectivity index (χ0v) is 13.7. The molecule has 24 heavy (non-hydrogen) atoms. The molecule has 0 saturated carbocycles. The fourth-order valence-corrected chi connectivity index (χ4v) is 2.16. The lowest BCUT2D eigenvalue weighted by atomic mass is 10.2. The molecule has 0 aliphatic rings. The van der Waals surface area contributed by atoms with Crippen molar-refractivity contribution < 1.29 is 18.7 Å². The van der Waals surface area contributed by atoms with Gasteiger partial charge in [-0.05, 0) is 43.3 Å². The lowest BCUT2D eigenvalue weighted by molar-refractivity contribution is -0.118. The summed E-state index contributed by atoms with van der Waals surface area (Å²) < 4.78 is 18.2. The Labute approximate surface area is 143 Å². The van der Waals surface area contributed by atoms with Crippen molar-refractivity contribution in [3.05, 3.63) is 58.9 Å². The summed E-state index contributed by atoms with van der Waals surface area (Å²) in [7, 11) is 0. The first-order valence-electron chi connectivity index (χ1n) is 7.25. The van der Waals surface area contributed by atoms with E-state index in [1.165, 1.54) is 12.1 Å². The molecule has 126 valence electrons. The van der Waals surface area contributed by atoms with Crippen molar-refractivity contribution in [1.29, 1.82) is 0 Å². The van der Waals surface area contributed by atoms with Crippen LogP contribution in [-0.4, -0.2) is 25.0 Å². The second-order valence-corrected chi connectivity index (χ2v) is 5.26. The van der Waals surface area contributed by atoms with Crippen molar-refractivity contribution in [3.63, 3.8) is 0 Å². The summed E-state index contributed by atoms with van der Waals surface area (Å²) in [6.07, 6.45) is 0. The molecular formula is C17H16ClFN2O3. The van der Waals surface area contributed by atoms with Crippen LogP contribution >= 0.6 is 11.6 Å². The van der Waals surface area contributed by atoms with Crippen LogP contribution in [0.15, 0.2) is 42.5 Å². The maximum atomic E-state index is 12.9. The molecule has 0 radical (unpaired) electrons. The quantitative estimate of drug-likeness (QED) is 0.840. The lowest BCUT2D eigenvalue weighted by Gasteiger charge is -2.10. The summed E-state index contributed by atoms with van der Waals surface area (Å²) in [5.74, 6) is -0.922. The van der Waals surface area contributed by atoms with E-state index in [-0.39, 0.29) is 23.3 Å². The number of nitrogens with one attached hydrogen (secondary N) is 2. The van der Waals surface area contributed by atoms with Gasteiger partial charge in [0.15, 0.2) is 6.61 Å². The maximum Gasteiger partial charge on any atom is 0.262 e. The van der Waals surface area contributed by atoms with Crippen molar-refractivity contribution in [2.75, 3.05) is 18.5 Å². The molecule has 2 aromatic carbocycles. The normalized spacial score (nSPS) is 10.1. The molecule has 0 atom stereocenters. The Bertz CT molecular complexity index is 752. The van der Waals surface area contributed by atoms with Gasteiger partial charge in [-0.1, -0.05) is 17.7 Å². The number of carbonyl (C=O) groups excluding carboxylic acids is 2. The lowest BCUT2D eigenvalue weighted by Crippen LogP contribution is -2.23.